The van der Waals surface area contributed by atoms with Gasteiger partial charge in [-0.05, 0) is 25.0 Å². The number of halogens is 1. The molecule has 0 spiro atoms. The summed E-state index contributed by atoms with van der Waals surface area (Å²) in [5.41, 5.74) is 2.65. The molecule has 0 atom stereocenters. The second kappa shape index (κ2) is 3.24. The van der Waals surface area contributed by atoms with E-state index in [2.05, 4.69) is 23.9 Å². The summed E-state index contributed by atoms with van der Waals surface area (Å²) >= 11 is 6.06. The molecule has 3 nitrogen and oxygen atoms in total. The second-order valence-electron chi connectivity index (χ2n) is 3.67. The third-order valence-electron chi connectivity index (χ3n) is 2.19. The number of hydrogen-bond donors (Lipinski definition) is 0. The molecule has 2 aromatic heterocycles. The quantitative estimate of drug-likeness (QED) is 0.723. The van der Waals surface area contributed by atoms with Gasteiger partial charge in [0, 0.05) is 0 Å². The van der Waals surface area contributed by atoms with Crippen LogP contribution in [0, 0.1) is 6.92 Å². The Kier molecular flexibility index (Phi) is 2.19. The second-order valence-corrected chi connectivity index (χ2v) is 4.03. The molecule has 0 bridgehead atoms. The van der Waals surface area contributed by atoms with Gasteiger partial charge < -0.3 is 0 Å². The van der Waals surface area contributed by atoms with Crippen molar-refractivity contribution in [2.45, 2.75) is 26.7 Å². The molecule has 74 valence electrons. The third-order valence-corrected chi connectivity index (χ3v) is 2.63. The Bertz CT molecular complexity index is 473. The average molecular weight is 210 g/mol. The largest absolute Gasteiger partial charge is 0.231 e. The number of aromatic nitrogens is 3. The van der Waals surface area contributed by atoms with Crippen molar-refractivity contribution >= 4 is 17.2 Å². The maximum absolute atomic E-state index is 6.06. The Labute approximate surface area is 87.7 Å². The van der Waals surface area contributed by atoms with E-state index in [0.29, 0.717) is 11.1 Å². The van der Waals surface area contributed by atoms with Crippen molar-refractivity contribution in [2.75, 3.05) is 0 Å². The minimum Gasteiger partial charge on any atom is -0.231 e. The van der Waals surface area contributed by atoms with Crippen molar-refractivity contribution in [1.82, 2.24) is 14.6 Å². The topological polar surface area (TPSA) is 30.2 Å². The molecule has 4 heteroatoms. The van der Waals surface area contributed by atoms with Gasteiger partial charge in [0.05, 0.1) is 11.4 Å². The van der Waals surface area contributed by atoms with E-state index in [1.807, 2.05) is 19.1 Å². The molecule has 0 N–H and O–H groups in total. The van der Waals surface area contributed by atoms with Gasteiger partial charge in [-0.25, -0.2) is 9.50 Å². The van der Waals surface area contributed by atoms with Gasteiger partial charge >= 0.3 is 0 Å². The number of fused-ring (bicyclic) bond motifs is 1. The van der Waals surface area contributed by atoms with Gasteiger partial charge in [-0.2, -0.15) is 5.10 Å². The highest BCUT2D eigenvalue weighted by molar-refractivity contribution is 6.30. The SMILES string of the molecule is Cc1nc2ccc(C(C)C)nn2c1Cl. The van der Waals surface area contributed by atoms with Crippen LogP contribution in [0.5, 0.6) is 0 Å². The standard InChI is InChI=1S/C10H12ClN3/c1-6(2)8-4-5-9-12-7(3)10(11)14(9)13-8/h4-6H,1-3H3. The van der Waals surface area contributed by atoms with Gasteiger partial charge in [-0.15, -0.1) is 0 Å². The smallest absolute Gasteiger partial charge is 0.155 e. The summed E-state index contributed by atoms with van der Waals surface area (Å²) in [6.07, 6.45) is 0. The number of aryl methyl sites for hydroxylation is 1. The summed E-state index contributed by atoms with van der Waals surface area (Å²) in [4.78, 5) is 4.28. The lowest BCUT2D eigenvalue weighted by atomic mass is 10.1. The summed E-state index contributed by atoms with van der Waals surface area (Å²) in [6.45, 7) is 6.09. The zero-order valence-electron chi connectivity index (χ0n) is 8.45. The van der Waals surface area contributed by atoms with Crippen LogP contribution in [-0.4, -0.2) is 14.6 Å². The highest BCUT2D eigenvalue weighted by Crippen LogP contribution is 2.18. The van der Waals surface area contributed by atoms with Crippen molar-refractivity contribution in [2.24, 2.45) is 0 Å². The highest BCUT2D eigenvalue weighted by Gasteiger charge is 2.08. The Morgan fingerprint density at radius 3 is 2.71 bits per heavy atom. The van der Waals surface area contributed by atoms with E-state index in [0.717, 1.165) is 17.0 Å². The number of nitrogens with zero attached hydrogens (tertiary/aromatic N) is 3. The Morgan fingerprint density at radius 2 is 2.07 bits per heavy atom. The number of rotatable bonds is 1. The van der Waals surface area contributed by atoms with Gasteiger partial charge in [0.1, 0.15) is 0 Å². The molecular weight excluding hydrogens is 198 g/mol. The first-order valence-corrected chi connectivity index (χ1v) is 4.99. The van der Waals surface area contributed by atoms with Crippen LogP contribution in [0.25, 0.3) is 5.65 Å². The van der Waals surface area contributed by atoms with Crippen LogP contribution in [0.3, 0.4) is 0 Å². The molecule has 0 radical (unpaired) electrons. The van der Waals surface area contributed by atoms with Crippen LogP contribution in [0.4, 0.5) is 0 Å². The molecule has 0 saturated carbocycles. The molecule has 0 saturated heterocycles. The predicted molar refractivity (Wildman–Crippen MR) is 56.8 cm³/mol. The van der Waals surface area contributed by atoms with Crippen molar-refractivity contribution in [1.29, 1.82) is 0 Å². The molecule has 0 amide bonds. The zero-order valence-corrected chi connectivity index (χ0v) is 9.21. The monoisotopic (exact) mass is 209 g/mol. The molecular formula is C10H12ClN3. The fraction of sp³-hybridized carbons (Fsp3) is 0.400. The highest BCUT2D eigenvalue weighted by atomic mass is 35.5. The molecule has 0 aliphatic carbocycles. The number of hydrogen-bond acceptors (Lipinski definition) is 2. The molecule has 2 rings (SSSR count). The first-order valence-electron chi connectivity index (χ1n) is 4.61. The third kappa shape index (κ3) is 1.38. The first kappa shape index (κ1) is 9.46. The van der Waals surface area contributed by atoms with E-state index in [9.17, 15) is 0 Å². The molecule has 2 aromatic rings. The number of imidazole rings is 1. The van der Waals surface area contributed by atoms with Gasteiger partial charge in [-0.3, -0.25) is 0 Å². The Morgan fingerprint density at radius 1 is 1.36 bits per heavy atom. The Balaban J connectivity index is 2.69. The van der Waals surface area contributed by atoms with E-state index in [1.54, 1.807) is 4.52 Å². The summed E-state index contributed by atoms with van der Waals surface area (Å²) < 4.78 is 1.69. The van der Waals surface area contributed by atoms with Crippen LogP contribution >= 0.6 is 11.6 Å². The molecule has 2 heterocycles. The van der Waals surface area contributed by atoms with Crippen molar-refractivity contribution in [3.63, 3.8) is 0 Å². The maximum Gasteiger partial charge on any atom is 0.155 e. The summed E-state index contributed by atoms with van der Waals surface area (Å²) in [6, 6.07) is 3.93. The van der Waals surface area contributed by atoms with Crippen molar-refractivity contribution in [3.05, 3.63) is 28.7 Å². The molecule has 14 heavy (non-hydrogen) atoms. The molecule has 0 aliphatic rings. The van der Waals surface area contributed by atoms with E-state index in [4.69, 9.17) is 11.6 Å². The zero-order chi connectivity index (χ0) is 10.3. The average Bonchev–Trinajstić information content (AvgIpc) is 2.43. The first-order chi connectivity index (χ1) is 6.59. The van der Waals surface area contributed by atoms with Crippen molar-refractivity contribution < 1.29 is 0 Å². The van der Waals surface area contributed by atoms with Crippen molar-refractivity contribution in [3.8, 4) is 0 Å². The van der Waals surface area contributed by atoms with Gasteiger partial charge in [-0.1, -0.05) is 25.4 Å². The van der Waals surface area contributed by atoms with Crippen LogP contribution in [-0.2, 0) is 0 Å². The molecule has 0 unspecified atom stereocenters. The van der Waals surface area contributed by atoms with E-state index in [-0.39, 0.29) is 0 Å². The van der Waals surface area contributed by atoms with Crippen LogP contribution < -0.4 is 0 Å². The summed E-state index contributed by atoms with van der Waals surface area (Å²) in [5.74, 6) is 0.401. The van der Waals surface area contributed by atoms with Crippen LogP contribution in [0.2, 0.25) is 5.15 Å². The van der Waals surface area contributed by atoms with Crippen LogP contribution in [0.1, 0.15) is 31.2 Å². The van der Waals surface area contributed by atoms with Gasteiger partial charge in [0.2, 0.25) is 0 Å². The summed E-state index contributed by atoms with van der Waals surface area (Å²) in [7, 11) is 0. The molecule has 0 aromatic carbocycles. The lowest BCUT2D eigenvalue weighted by Gasteiger charge is -2.03. The van der Waals surface area contributed by atoms with E-state index >= 15 is 0 Å². The fourth-order valence-corrected chi connectivity index (χ4v) is 1.51. The fourth-order valence-electron chi connectivity index (χ4n) is 1.34. The predicted octanol–water partition coefficient (Wildman–Crippen LogP) is 2.81. The lowest BCUT2D eigenvalue weighted by molar-refractivity contribution is 0.764. The van der Waals surface area contributed by atoms with Gasteiger partial charge in [0.25, 0.3) is 0 Å². The van der Waals surface area contributed by atoms with Gasteiger partial charge in [0.15, 0.2) is 10.8 Å². The Hall–Kier alpha value is -1.09. The van der Waals surface area contributed by atoms with E-state index in [1.165, 1.54) is 0 Å². The molecule has 0 aliphatic heterocycles. The minimum absolute atomic E-state index is 0.401. The summed E-state index contributed by atoms with van der Waals surface area (Å²) in [5, 5.41) is 5.02. The van der Waals surface area contributed by atoms with E-state index < -0.39 is 0 Å². The lowest BCUT2D eigenvalue weighted by Crippen LogP contribution is -1.99. The maximum atomic E-state index is 6.06. The minimum atomic E-state index is 0.401. The normalized spacial score (nSPS) is 11.5. The molecule has 0 fully saturated rings. The van der Waals surface area contributed by atoms with Crippen LogP contribution in [0.15, 0.2) is 12.1 Å².